The molecule has 1 aromatic heterocycles. The van der Waals surface area contributed by atoms with Gasteiger partial charge in [0.15, 0.2) is 17.3 Å². The second-order valence-electron chi connectivity index (χ2n) is 11.8. The van der Waals surface area contributed by atoms with Gasteiger partial charge in [-0.1, -0.05) is 29.8 Å². The van der Waals surface area contributed by atoms with Crippen LogP contribution in [-0.4, -0.2) is 106 Å². The van der Waals surface area contributed by atoms with Crippen molar-refractivity contribution in [3.63, 3.8) is 0 Å². The first-order chi connectivity index (χ1) is 20.3. The van der Waals surface area contributed by atoms with Crippen molar-refractivity contribution >= 4 is 22.7 Å². The van der Waals surface area contributed by atoms with Crippen LogP contribution in [-0.2, 0) is 15.7 Å². The number of carbonyl (C=O) groups is 1. The third kappa shape index (κ3) is 7.30. The average molecular weight is 599 g/mol. The summed E-state index contributed by atoms with van der Waals surface area (Å²) >= 11 is 0. The van der Waals surface area contributed by atoms with E-state index in [0.717, 1.165) is 58.0 Å². The highest BCUT2D eigenvalue weighted by atomic mass is 32.2. The molecular formula is C31H46N6O4S. The summed E-state index contributed by atoms with van der Waals surface area (Å²) in [6, 6.07) is 9.38. The van der Waals surface area contributed by atoms with Crippen LogP contribution in [0.4, 0.5) is 5.82 Å². The molecule has 3 atom stereocenters. The Bertz CT molecular complexity index is 1230. The van der Waals surface area contributed by atoms with Gasteiger partial charge in [-0.05, 0) is 70.5 Å². The van der Waals surface area contributed by atoms with Gasteiger partial charge in [0.25, 0.3) is 5.91 Å². The summed E-state index contributed by atoms with van der Waals surface area (Å²) in [6.45, 7) is 6.08. The molecule has 5 rings (SSSR count). The van der Waals surface area contributed by atoms with Gasteiger partial charge >= 0.3 is 0 Å². The lowest BCUT2D eigenvalue weighted by Gasteiger charge is -2.43. The Morgan fingerprint density at radius 2 is 1.88 bits per heavy atom. The minimum atomic E-state index is -0.930. The summed E-state index contributed by atoms with van der Waals surface area (Å²) in [6.07, 6.45) is 10.3. The molecule has 1 amide bonds. The maximum Gasteiger partial charge on any atom is 0.276 e. The van der Waals surface area contributed by atoms with Gasteiger partial charge in [0, 0.05) is 45.0 Å². The zero-order valence-electron chi connectivity index (χ0n) is 25.5. The normalized spacial score (nSPS) is 23.6. The molecular weight excluding hydrogens is 552 g/mol. The molecule has 2 aromatic rings. The first-order valence-electron chi connectivity index (χ1n) is 15.3. The number of benzene rings is 1. The van der Waals surface area contributed by atoms with E-state index in [1.807, 2.05) is 16.3 Å². The maximum atomic E-state index is 13.6. The molecule has 3 fully saturated rings. The standard InChI is InChI=1S/C31H46N6O4S/c1-22-7-5-8-23(19-22)27-10-6-9-26(41-27)20-32-30-29(40-3)28(33-21-34-30)31(38)37-17-13-25(14-18-37)36-15-11-24(12-16-36)35(2)42(4)39/h5,7-8,19,21,24-27H,6,9-18,20H2,1-4H3,(H,32,33,34)/t26-,27+,42?/m1/s1. The van der Waals surface area contributed by atoms with E-state index in [9.17, 15) is 9.00 Å². The Hall–Kier alpha value is -2.60. The van der Waals surface area contributed by atoms with Crippen LogP contribution in [0, 0.1) is 6.92 Å². The second kappa shape index (κ2) is 14.2. The van der Waals surface area contributed by atoms with Gasteiger partial charge in [-0.2, -0.15) is 0 Å². The Balaban J connectivity index is 1.15. The Morgan fingerprint density at radius 1 is 1.12 bits per heavy atom. The fourth-order valence-electron chi connectivity index (χ4n) is 6.63. The van der Waals surface area contributed by atoms with Gasteiger partial charge in [-0.3, -0.25) is 4.79 Å². The lowest BCUT2D eigenvalue weighted by Crippen LogP contribution is -2.51. The molecule has 1 unspecified atom stereocenters. The highest BCUT2D eigenvalue weighted by molar-refractivity contribution is 7.81. The second-order valence-corrected chi connectivity index (χ2v) is 13.3. The van der Waals surface area contributed by atoms with Crippen LogP contribution in [0.5, 0.6) is 5.75 Å². The third-order valence-electron chi connectivity index (χ3n) is 9.16. The predicted octanol–water partition coefficient (Wildman–Crippen LogP) is 3.81. The van der Waals surface area contributed by atoms with Crippen molar-refractivity contribution in [3.8, 4) is 5.75 Å². The lowest BCUT2D eigenvalue weighted by molar-refractivity contribution is -0.0442. The van der Waals surface area contributed by atoms with Crippen molar-refractivity contribution in [1.29, 1.82) is 0 Å². The number of carbonyl (C=O) groups excluding carboxylic acids is 1. The maximum absolute atomic E-state index is 13.6. The average Bonchev–Trinajstić information content (AvgIpc) is 3.03. The number of aryl methyl sites for hydroxylation is 1. The van der Waals surface area contributed by atoms with Crippen LogP contribution in [0.3, 0.4) is 0 Å². The van der Waals surface area contributed by atoms with E-state index in [0.29, 0.717) is 49.0 Å². The molecule has 11 heteroatoms. The summed E-state index contributed by atoms with van der Waals surface area (Å²) in [5.41, 5.74) is 2.76. The number of likely N-dealkylation sites (tertiary alicyclic amines) is 2. The summed E-state index contributed by atoms with van der Waals surface area (Å²) in [5, 5.41) is 3.38. The van der Waals surface area contributed by atoms with Gasteiger partial charge in [0.05, 0.1) is 30.3 Å². The van der Waals surface area contributed by atoms with Crippen molar-refractivity contribution in [2.75, 3.05) is 58.5 Å². The molecule has 0 aliphatic carbocycles. The van der Waals surface area contributed by atoms with Crippen LogP contribution in [0.1, 0.15) is 72.7 Å². The minimum absolute atomic E-state index is 0.0386. The van der Waals surface area contributed by atoms with Gasteiger partial charge in [0.2, 0.25) is 0 Å². The van der Waals surface area contributed by atoms with E-state index in [-0.39, 0.29) is 18.1 Å². The molecule has 3 saturated heterocycles. The van der Waals surface area contributed by atoms with E-state index in [1.54, 1.807) is 13.4 Å². The number of rotatable bonds is 9. The van der Waals surface area contributed by atoms with Crippen molar-refractivity contribution in [2.24, 2.45) is 0 Å². The van der Waals surface area contributed by atoms with Crippen molar-refractivity contribution in [2.45, 2.75) is 76.2 Å². The van der Waals surface area contributed by atoms with Crippen LogP contribution in [0.25, 0.3) is 0 Å². The van der Waals surface area contributed by atoms with Crippen LogP contribution < -0.4 is 10.1 Å². The Morgan fingerprint density at radius 3 is 2.57 bits per heavy atom. The van der Waals surface area contributed by atoms with Crippen LogP contribution >= 0.6 is 0 Å². The number of piperidine rings is 2. The smallest absolute Gasteiger partial charge is 0.276 e. The van der Waals surface area contributed by atoms with E-state index >= 15 is 0 Å². The summed E-state index contributed by atoms with van der Waals surface area (Å²) < 4.78 is 26.0. The van der Waals surface area contributed by atoms with Gasteiger partial charge < -0.3 is 24.6 Å². The zero-order chi connectivity index (χ0) is 29.6. The van der Waals surface area contributed by atoms with Crippen LogP contribution in [0.15, 0.2) is 30.6 Å². The van der Waals surface area contributed by atoms with Crippen LogP contribution in [0.2, 0.25) is 0 Å². The number of amides is 1. The molecule has 230 valence electrons. The molecule has 1 N–H and O–H groups in total. The van der Waals surface area contributed by atoms with Gasteiger partial charge in [0.1, 0.15) is 6.33 Å². The first-order valence-corrected chi connectivity index (χ1v) is 16.8. The van der Waals surface area contributed by atoms with E-state index in [1.165, 1.54) is 17.5 Å². The van der Waals surface area contributed by atoms with Crippen molar-refractivity contribution in [3.05, 3.63) is 47.4 Å². The minimum Gasteiger partial charge on any atom is -0.491 e. The van der Waals surface area contributed by atoms with Gasteiger partial charge in [-0.25, -0.2) is 18.5 Å². The molecule has 4 heterocycles. The fraction of sp³-hybridized carbons (Fsp3) is 0.645. The summed E-state index contributed by atoms with van der Waals surface area (Å²) in [5.74, 6) is 0.790. The Labute approximate surface area is 252 Å². The molecule has 0 saturated carbocycles. The van der Waals surface area contributed by atoms with Crippen molar-refractivity contribution < 1.29 is 18.5 Å². The molecule has 0 radical (unpaired) electrons. The number of ether oxygens (including phenoxy) is 2. The SMILES string of the molecule is COc1c(NC[C@H]2CCC[C@@H](c3cccc(C)c3)O2)ncnc1C(=O)N1CCC(N2CCC(N(C)S(C)=O)CC2)CC1. The Kier molecular flexibility index (Phi) is 10.5. The third-order valence-corrected chi connectivity index (χ3v) is 10.3. The topological polar surface area (TPSA) is 100 Å². The van der Waals surface area contributed by atoms with E-state index in [4.69, 9.17) is 9.47 Å². The highest BCUT2D eigenvalue weighted by Crippen LogP contribution is 2.33. The van der Waals surface area contributed by atoms with E-state index in [2.05, 4.69) is 51.4 Å². The number of anilines is 1. The molecule has 3 aliphatic heterocycles. The van der Waals surface area contributed by atoms with E-state index < -0.39 is 11.0 Å². The quantitative estimate of drug-likeness (QED) is 0.465. The monoisotopic (exact) mass is 598 g/mol. The molecule has 0 spiro atoms. The summed E-state index contributed by atoms with van der Waals surface area (Å²) in [7, 11) is 2.59. The first kappa shape index (κ1) is 30.8. The number of hydrogen-bond acceptors (Lipinski definition) is 8. The number of nitrogens with zero attached hydrogens (tertiary/aromatic N) is 5. The fourth-order valence-corrected chi connectivity index (χ4v) is 7.26. The van der Waals surface area contributed by atoms with Gasteiger partial charge in [-0.15, -0.1) is 0 Å². The molecule has 0 bridgehead atoms. The molecule has 3 aliphatic rings. The number of methoxy groups -OCH3 is 1. The molecule has 10 nitrogen and oxygen atoms in total. The molecule has 42 heavy (non-hydrogen) atoms. The predicted molar refractivity (Wildman–Crippen MR) is 165 cm³/mol. The number of aromatic nitrogens is 2. The summed E-state index contributed by atoms with van der Waals surface area (Å²) in [4.78, 5) is 26.8. The lowest BCUT2D eigenvalue weighted by atomic mass is 9.97. The highest BCUT2D eigenvalue weighted by Gasteiger charge is 2.33. The largest absolute Gasteiger partial charge is 0.491 e. The zero-order valence-corrected chi connectivity index (χ0v) is 26.3. The number of nitrogens with one attached hydrogen (secondary N) is 1. The molecule has 1 aromatic carbocycles. The van der Waals surface area contributed by atoms with Crippen molar-refractivity contribution in [1.82, 2.24) is 24.1 Å². The number of hydrogen-bond donors (Lipinski definition) is 1.